The lowest BCUT2D eigenvalue weighted by Gasteiger charge is -2.18. The van der Waals surface area contributed by atoms with Crippen molar-refractivity contribution in [3.63, 3.8) is 0 Å². The largest absolute Gasteiger partial charge is 0.760 e. The van der Waals surface area contributed by atoms with Crippen molar-refractivity contribution in [1.29, 1.82) is 0 Å². The summed E-state index contributed by atoms with van der Waals surface area (Å²) in [5.74, 6) is -0.353. The molecule has 3 unspecified atom stereocenters. The summed E-state index contributed by atoms with van der Waals surface area (Å²) in [6.07, 6.45) is 0.264. The second-order valence-electron chi connectivity index (χ2n) is 3.52. The number of carbonyl (C=O) groups excluding carboxylic acids is 1. The van der Waals surface area contributed by atoms with Crippen molar-refractivity contribution in [2.75, 3.05) is 19.8 Å². The summed E-state index contributed by atoms with van der Waals surface area (Å²) in [6.45, 7) is 3.11. The molecule has 2 N–H and O–H groups in total. The second kappa shape index (κ2) is 9.49. The van der Waals surface area contributed by atoms with E-state index in [1.807, 2.05) is 0 Å². The van der Waals surface area contributed by atoms with Gasteiger partial charge < -0.3 is 19.1 Å². The fraction of sp³-hybridized carbons (Fsp3) is 0.889. The summed E-state index contributed by atoms with van der Waals surface area (Å²) in [5, 5.41) is 8.82. The highest BCUT2D eigenvalue weighted by Gasteiger charge is 2.08. The Hall–Kier alpha value is -0.540. The zero-order chi connectivity index (χ0) is 13.3. The van der Waals surface area contributed by atoms with Gasteiger partial charge in [0.15, 0.2) is 0 Å². The van der Waals surface area contributed by atoms with Gasteiger partial charge in [0.2, 0.25) is 0 Å². The van der Waals surface area contributed by atoms with Gasteiger partial charge in [0.1, 0.15) is 6.10 Å². The van der Waals surface area contributed by atoms with E-state index in [0.29, 0.717) is 13.0 Å². The van der Waals surface area contributed by atoms with E-state index in [-0.39, 0.29) is 25.3 Å². The fourth-order valence-corrected chi connectivity index (χ4v) is 1.49. The van der Waals surface area contributed by atoms with Crippen LogP contribution >= 0.6 is 0 Å². The Morgan fingerprint density at radius 2 is 2.24 bits per heavy atom. The maximum atomic E-state index is 10.6. The summed E-state index contributed by atoms with van der Waals surface area (Å²) in [5.41, 5.74) is 0. The number of rotatable bonds is 9. The van der Waals surface area contributed by atoms with Crippen molar-refractivity contribution >= 4 is 17.2 Å². The van der Waals surface area contributed by atoms with Crippen LogP contribution in [0.25, 0.3) is 0 Å². The topological polar surface area (TPSA) is 108 Å². The summed E-state index contributed by atoms with van der Waals surface area (Å²) >= 11 is -2.43. The third-order valence-corrected chi connectivity index (χ3v) is 2.36. The molecule has 0 aromatic rings. The van der Waals surface area contributed by atoms with Gasteiger partial charge >= 0.3 is 5.97 Å². The van der Waals surface area contributed by atoms with Crippen LogP contribution in [0.2, 0.25) is 0 Å². The number of ether oxygens (including phenoxy) is 2. The maximum absolute atomic E-state index is 10.6. The lowest BCUT2D eigenvalue weighted by molar-refractivity contribution is -0.146. The zero-order valence-electron chi connectivity index (χ0n) is 9.88. The molecule has 0 fully saturated rings. The molecule has 0 aliphatic carbocycles. The SMILES string of the molecule is CC(=O)OC(C)CCOCC(CO)NS(=O)[O-]. The number of aliphatic hydroxyl groups excluding tert-OH is 1. The van der Waals surface area contributed by atoms with Gasteiger partial charge in [-0.2, -0.15) is 0 Å². The van der Waals surface area contributed by atoms with Gasteiger partial charge in [-0.15, -0.1) is 0 Å². The minimum Gasteiger partial charge on any atom is -0.760 e. The molecule has 0 spiro atoms. The Morgan fingerprint density at radius 1 is 1.59 bits per heavy atom. The molecule has 17 heavy (non-hydrogen) atoms. The van der Waals surface area contributed by atoms with Crippen molar-refractivity contribution in [3.8, 4) is 0 Å². The average molecular weight is 268 g/mol. The van der Waals surface area contributed by atoms with Gasteiger partial charge in [0.05, 0.1) is 25.9 Å². The van der Waals surface area contributed by atoms with Crippen LogP contribution in [-0.2, 0) is 25.5 Å². The molecule has 3 atom stereocenters. The zero-order valence-corrected chi connectivity index (χ0v) is 10.7. The molecule has 0 aromatic heterocycles. The van der Waals surface area contributed by atoms with E-state index in [9.17, 15) is 13.6 Å². The van der Waals surface area contributed by atoms with Gasteiger partial charge in [0, 0.05) is 24.6 Å². The highest BCUT2D eigenvalue weighted by atomic mass is 32.2. The predicted octanol–water partition coefficient (Wildman–Crippen LogP) is -0.911. The van der Waals surface area contributed by atoms with E-state index in [1.165, 1.54) is 6.92 Å². The Kier molecular flexibility index (Phi) is 9.18. The molecule has 0 heterocycles. The number of carbonyl (C=O) groups is 1. The number of nitrogens with one attached hydrogen (secondary N) is 1. The highest BCUT2D eigenvalue weighted by molar-refractivity contribution is 7.77. The third kappa shape index (κ3) is 10.3. The second-order valence-corrected chi connectivity index (χ2v) is 4.22. The van der Waals surface area contributed by atoms with Crippen LogP contribution in [0, 0.1) is 0 Å². The maximum Gasteiger partial charge on any atom is 0.302 e. The normalized spacial score (nSPS) is 16.2. The first-order valence-corrected chi connectivity index (χ1v) is 6.24. The van der Waals surface area contributed by atoms with E-state index in [1.54, 1.807) is 6.92 Å². The number of hydrogen-bond acceptors (Lipinski definition) is 6. The number of hydrogen-bond donors (Lipinski definition) is 2. The van der Waals surface area contributed by atoms with Gasteiger partial charge in [-0.1, -0.05) is 0 Å². The van der Waals surface area contributed by atoms with E-state index in [2.05, 4.69) is 4.72 Å². The summed E-state index contributed by atoms with van der Waals surface area (Å²) < 4.78 is 32.7. The fourth-order valence-electron chi connectivity index (χ4n) is 1.08. The molecule has 0 saturated carbocycles. The van der Waals surface area contributed by atoms with Crippen LogP contribution in [0.3, 0.4) is 0 Å². The van der Waals surface area contributed by atoms with Crippen molar-refractivity contribution in [2.24, 2.45) is 0 Å². The lowest BCUT2D eigenvalue weighted by Crippen LogP contribution is -2.38. The van der Waals surface area contributed by atoms with Crippen LogP contribution in [0.15, 0.2) is 0 Å². The molecule has 0 aliphatic rings. The first-order chi connectivity index (χ1) is 7.95. The van der Waals surface area contributed by atoms with E-state index in [4.69, 9.17) is 14.6 Å². The first-order valence-electron chi connectivity index (χ1n) is 5.17. The predicted molar refractivity (Wildman–Crippen MR) is 59.6 cm³/mol. The van der Waals surface area contributed by atoms with Crippen LogP contribution in [-0.4, -0.2) is 51.8 Å². The monoisotopic (exact) mass is 268 g/mol. The molecule has 0 rings (SSSR count). The minimum atomic E-state index is -2.43. The molecule has 7 nitrogen and oxygen atoms in total. The number of esters is 1. The van der Waals surface area contributed by atoms with Crippen molar-refractivity contribution in [3.05, 3.63) is 0 Å². The molecule has 0 aromatic carbocycles. The van der Waals surface area contributed by atoms with Gasteiger partial charge in [0.25, 0.3) is 0 Å². The van der Waals surface area contributed by atoms with E-state index >= 15 is 0 Å². The number of aliphatic hydroxyl groups is 1. The van der Waals surface area contributed by atoms with Crippen LogP contribution in [0.4, 0.5) is 0 Å². The van der Waals surface area contributed by atoms with E-state index in [0.717, 1.165) is 0 Å². The van der Waals surface area contributed by atoms with Crippen LogP contribution in [0.1, 0.15) is 20.3 Å². The Bertz CT molecular complexity index is 250. The lowest BCUT2D eigenvalue weighted by atomic mass is 10.3. The standard InChI is InChI=1S/C9H19NO6S/c1-7(16-8(2)12)3-4-15-6-9(5-11)10-17(13)14/h7,9-11H,3-6H2,1-2H3,(H,13,14)/p-1. The molecule has 0 saturated heterocycles. The smallest absolute Gasteiger partial charge is 0.302 e. The highest BCUT2D eigenvalue weighted by Crippen LogP contribution is 1.98. The van der Waals surface area contributed by atoms with Gasteiger partial charge in [-0.25, -0.2) is 4.72 Å². The van der Waals surface area contributed by atoms with Gasteiger partial charge in [-0.3, -0.25) is 9.00 Å². The van der Waals surface area contributed by atoms with Crippen LogP contribution < -0.4 is 4.72 Å². The third-order valence-electron chi connectivity index (χ3n) is 1.84. The first kappa shape index (κ1) is 16.5. The summed E-state index contributed by atoms with van der Waals surface area (Å²) in [7, 11) is 0. The van der Waals surface area contributed by atoms with Crippen LogP contribution in [0.5, 0.6) is 0 Å². The minimum absolute atomic E-state index is 0.0667. The van der Waals surface area contributed by atoms with Gasteiger partial charge in [-0.05, 0) is 6.92 Å². The van der Waals surface area contributed by atoms with E-state index < -0.39 is 17.3 Å². The summed E-state index contributed by atoms with van der Waals surface area (Å²) in [4.78, 5) is 10.6. The Balaban J connectivity index is 3.61. The molecule has 0 aliphatic heterocycles. The molecular formula is C9H18NO6S-. The molecular weight excluding hydrogens is 250 g/mol. The van der Waals surface area contributed by atoms with Crippen molar-refractivity contribution in [2.45, 2.75) is 32.4 Å². The average Bonchev–Trinajstić information content (AvgIpc) is 2.20. The summed E-state index contributed by atoms with van der Waals surface area (Å²) in [6, 6.07) is -0.655. The molecule has 0 amide bonds. The van der Waals surface area contributed by atoms with Crippen molar-refractivity contribution in [1.82, 2.24) is 4.72 Å². The quantitative estimate of drug-likeness (QED) is 0.318. The molecule has 0 radical (unpaired) electrons. The van der Waals surface area contributed by atoms with Crippen molar-refractivity contribution < 1.29 is 28.1 Å². The Labute approximate surface area is 103 Å². The Morgan fingerprint density at radius 3 is 2.71 bits per heavy atom. The molecule has 0 bridgehead atoms. The molecule has 8 heteroatoms. The molecule has 102 valence electrons.